The van der Waals surface area contributed by atoms with Gasteiger partial charge in [0.25, 0.3) is 0 Å². The van der Waals surface area contributed by atoms with E-state index >= 15 is 0 Å². The zero-order valence-corrected chi connectivity index (χ0v) is 6.41. The smallest absolute Gasteiger partial charge is 0.303 e. The molecular formula is C3H16ClN3O2. The van der Waals surface area contributed by atoms with Crippen LogP contribution >= 0.6 is 12.4 Å². The van der Waals surface area contributed by atoms with Gasteiger partial charge >= 0.3 is 5.97 Å². The van der Waals surface area contributed by atoms with E-state index in [-0.39, 0.29) is 37.3 Å². The topological polar surface area (TPSA) is 142 Å². The van der Waals surface area contributed by atoms with Crippen LogP contribution in [0, 0.1) is 0 Å². The molecule has 0 unspecified atom stereocenters. The Morgan fingerprint density at radius 2 is 1.44 bits per heavy atom. The van der Waals surface area contributed by atoms with Gasteiger partial charge < -0.3 is 23.6 Å². The molecular weight excluding hydrogens is 146 g/mol. The summed E-state index contributed by atoms with van der Waals surface area (Å²) in [5, 5.41) is 7.72. The number of carboxylic acids is 1. The predicted octanol–water partition coefficient (Wildman–Crippen LogP) is 1.39. The number of carbonyl (C=O) groups is 1. The van der Waals surface area contributed by atoms with Gasteiger partial charge in [0.15, 0.2) is 0 Å². The van der Waals surface area contributed by atoms with Crippen molar-refractivity contribution in [3.63, 3.8) is 0 Å². The van der Waals surface area contributed by atoms with Crippen LogP contribution in [0.4, 0.5) is 0 Å². The minimum atomic E-state index is -0.745. The Balaban J connectivity index is -0.0000000133. The molecule has 5 nitrogen and oxygen atoms in total. The fourth-order valence-corrected chi connectivity index (χ4v) is 0. The van der Waals surface area contributed by atoms with Crippen LogP contribution in [0.25, 0.3) is 0 Å². The summed E-state index contributed by atoms with van der Waals surface area (Å²) < 4.78 is 0. The maximum absolute atomic E-state index is 9.37. The second-order valence-corrected chi connectivity index (χ2v) is 0.747. The molecule has 9 heavy (non-hydrogen) atoms. The average Bonchev–Trinajstić information content (AvgIpc) is 1.38. The van der Waals surface area contributed by atoms with Crippen molar-refractivity contribution in [2.24, 2.45) is 0 Å². The molecule has 0 aliphatic rings. The van der Waals surface area contributed by atoms with Gasteiger partial charge in [0.1, 0.15) is 0 Å². The van der Waals surface area contributed by atoms with Gasteiger partial charge in [-0.15, -0.1) is 12.4 Å². The van der Waals surface area contributed by atoms with Crippen molar-refractivity contribution >= 4 is 18.4 Å². The second kappa shape index (κ2) is 25.4. The van der Waals surface area contributed by atoms with Crippen molar-refractivity contribution in [3.05, 3.63) is 0 Å². The lowest BCUT2D eigenvalue weighted by atomic mass is 10.5. The maximum atomic E-state index is 9.37. The summed E-state index contributed by atoms with van der Waals surface area (Å²) >= 11 is 0. The molecule has 0 saturated carbocycles. The van der Waals surface area contributed by atoms with Crippen LogP contribution in [0.3, 0.4) is 0 Å². The van der Waals surface area contributed by atoms with Crippen molar-refractivity contribution in [1.29, 1.82) is 0 Å². The molecule has 0 aromatic heterocycles. The molecule has 0 rings (SSSR count). The van der Waals surface area contributed by atoms with Crippen LogP contribution in [0.1, 0.15) is 13.3 Å². The lowest BCUT2D eigenvalue weighted by Crippen LogP contribution is -1.86. The summed E-state index contributed by atoms with van der Waals surface area (Å²) in [5.74, 6) is -0.745. The van der Waals surface area contributed by atoms with Gasteiger partial charge in [0, 0.05) is 6.42 Å². The first-order valence-electron chi connectivity index (χ1n) is 1.49. The van der Waals surface area contributed by atoms with Crippen molar-refractivity contribution in [2.75, 3.05) is 0 Å². The number of hydrogen-bond acceptors (Lipinski definition) is 4. The van der Waals surface area contributed by atoms with Crippen molar-refractivity contribution in [3.8, 4) is 0 Å². The highest BCUT2D eigenvalue weighted by Gasteiger charge is 1.80. The Bertz CT molecular complexity index is 52.3. The van der Waals surface area contributed by atoms with E-state index in [1.165, 1.54) is 0 Å². The first kappa shape index (κ1) is 38.1. The summed E-state index contributed by atoms with van der Waals surface area (Å²) in [7, 11) is 0. The first-order chi connectivity index (χ1) is 2.27. The van der Waals surface area contributed by atoms with Gasteiger partial charge in [-0.25, -0.2) is 0 Å². The predicted molar refractivity (Wildman–Crippen MR) is 40.2 cm³/mol. The van der Waals surface area contributed by atoms with E-state index < -0.39 is 5.97 Å². The molecule has 0 aromatic rings. The van der Waals surface area contributed by atoms with Crippen LogP contribution in [-0.4, -0.2) is 11.1 Å². The highest BCUT2D eigenvalue weighted by Crippen LogP contribution is 1.67. The van der Waals surface area contributed by atoms with Gasteiger partial charge in [-0.3, -0.25) is 4.79 Å². The Labute approximate surface area is 61.0 Å². The normalized spacial score (nSPS) is 4.11. The van der Waals surface area contributed by atoms with Gasteiger partial charge in [-0.05, 0) is 0 Å². The van der Waals surface area contributed by atoms with Gasteiger partial charge in [-0.2, -0.15) is 0 Å². The molecule has 0 atom stereocenters. The van der Waals surface area contributed by atoms with E-state index in [0.29, 0.717) is 0 Å². The van der Waals surface area contributed by atoms with E-state index in [4.69, 9.17) is 5.11 Å². The van der Waals surface area contributed by atoms with Crippen LogP contribution in [0.5, 0.6) is 0 Å². The summed E-state index contributed by atoms with van der Waals surface area (Å²) in [5.41, 5.74) is 0. The Hall–Kier alpha value is -0.360. The van der Waals surface area contributed by atoms with E-state index in [1.807, 2.05) is 0 Å². The van der Waals surface area contributed by atoms with Gasteiger partial charge in [-0.1, -0.05) is 6.92 Å². The van der Waals surface area contributed by atoms with Crippen molar-refractivity contribution < 1.29 is 9.90 Å². The van der Waals surface area contributed by atoms with Crippen molar-refractivity contribution in [2.45, 2.75) is 13.3 Å². The standard InChI is InChI=1S/C3H6O2.ClH.3H3N/c1-2-3(4)5;;;;/h2H2,1H3,(H,4,5);1H;3*1H3. The number of hydrogen-bond donors (Lipinski definition) is 4. The van der Waals surface area contributed by atoms with Gasteiger partial charge in [0.05, 0.1) is 0 Å². The lowest BCUT2D eigenvalue weighted by molar-refractivity contribution is -0.136. The number of carboxylic acid groups (broad SMARTS) is 1. The largest absolute Gasteiger partial charge is 0.481 e. The molecule has 0 amide bonds. The number of rotatable bonds is 1. The number of halogens is 1. The third-order valence-electron chi connectivity index (χ3n) is 0.302. The second-order valence-electron chi connectivity index (χ2n) is 0.747. The maximum Gasteiger partial charge on any atom is 0.303 e. The minimum Gasteiger partial charge on any atom is -0.481 e. The quantitative estimate of drug-likeness (QED) is 0.460. The van der Waals surface area contributed by atoms with E-state index in [9.17, 15) is 4.79 Å². The molecule has 0 radical (unpaired) electrons. The van der Waals surface area contributed by atoms with Crippen LogP contribution < -0.4 is 18.5 Å². The fourth-order valence-electron chi connectivity index (χ4n) is 0. The average molecular weight is 162 g/mol. The zero-order valence-electron chi connectivity index (χ0n) is 5.59. The molecule has 0 heterocycles. The molecule has 0 aliphatic carbocycles. The molecule has 10 N–H and O–H groups in total. The van der Waals surface area contributed by atoms with Crippen LogP contribution in [-0.2, 0) is 4.79 Å². The fraction of sp³-hybridized carbons (Fsp3) is 0.667. The third-order valence-corrected chi connectivity index (χ3v) is 0.302. The lowest BCUT2D eigenvalue weighted by Gasteiger charge is -1.71. The molecule has 6 heteroatoms. The molecule has 0 fully saturated rings. The Morgan fingerprint density at radius 1 is 1.33 bits per heavy atom. The van der Waals surface area contributed by atoms with Crippen LogP contribution in [0.2, 0.25) is 0 Å². The van der Waals surface area contributed by atoms with Gasteiger partial charge in [0.2, 0.25) is 0 Å². The first-order valence-corrected chi connectivity index (χ1v) is 1.49. The van der Waals surface area contributed by atoms with E-state index in [2.05, 4.69) is 0 Å². The highest BCUT2D eigenvalue weighted by atomic mass is 35.5. The molecule has 62 valence electrons. The molecule has 0 aliphatic heterocycles. The summed E-state index contributed by atoms with van der Waals surface area (Å²) in [6.45, 7) is 1.60. The summed E-state index contributed by atoms with van der Waals surface area (Å²) in [6.07, 6.45) is 0.222. The van der Waals surface area contributed by atoms with E-state index in [1.54, 1.807) is 6.92 Å². The van der Waals surface area contributed by atoms with Crippen molar-refractivity contribution in [1.82, 2.24) is 18.5 Å². The van der Waals surface area contributed by atoms with E-state index in [0.717, 1.165) is 0 Å². The Morgan fingerprint density at radius 3 is 1.44 bits per heavy atom. The molecule has 0 spiro atoms. The zero-order chi connectivity index (χ0) is 4.28. The monoisotopic (exact) mass is 161 g/mol. The minimum absolute atomic E-state index is 0. The SMILES string of the molecule is CCC(=O)O.Cl.N.N.N. The highest BCUT2D eigenvalue weighted by molar-refractivity contribution is 5.85. The summed E-state index contributed by atoms with van der Waals surface area (Å²) in [6, 6.07) is 0. The number of aliphatic carboxylic acids is 1. The third kappa shape index (κ3) is 90.4. The summed E-state index contributed by atoms with van der Waals surface area (Å²) in [4.78, 5) is 9.37. The Kier molecular flexibility index (Phi) is 108. The molecule has 0 aromatic carbocycles. The van der Waals surface area contributed by atoms with Crippen LogP contribution in [0.15, 0.2) is 0 Å². The molecule has 0 bridgehead atoms. The molecule has 0 saturated heterocycles.